The minimum absolute atomic E-state index is 0.0735. The number of rotatable bonds is 2. The van der Waals surface area contributed by atoms with Crippen molar-refractivity contribution in [2.24, 2.45) is 7.05 Å². The molecule has 10 nitrogen and oxygen atoms in total. The molecule has 1 aromatic rings. The predicted octanol–water partition coefficient (Wildman–Crippen LogP) is 1.14. The van der Waals surface area contributed by atoms with Crippen molar-refractivity contribution in [2.75, 3.05) is 31.1 Å². The molecule has 2 rings (SSSR count). The first kappa shape index (κ1) is 19.0. The van der Waals surface area contributed by atoms with Gasteiger partial charge in [0.2, 0.25) is 5.82 Å². The number of anilines is 1. The topological polar surface area (TPSA) is 114 Å². The Kier molecular flexibility index (Phi) is 4.94. The van der Waals surface area contributed by atoms with Gasteiger partial charge in [-0.15, -0.1) is 0 Å². The molecule has 1 aromatic heterocycles. The van der Waals surface area contributed by atoms with E-state index in [1.807, 2.05) is 0 Å². The summed E-state index contributed by atoms with van der Waals surface area (Å²) in [6, 6.07) is 0. The Morgan fingerprint density at radius 3 is 2.60 bits per heavy atom. The second-order valence-corrected chi connectivity index (χ2v) is 7.55. The molecule has 0 radical (unpaired) electrons. The van der Waals surface area contributed by atoms with Gasteiger partial charge in [0.15, 0.2) is 0 Å². The van der Waals surface area contributed by atoms with E-state index in [0.29, 0.717) is 12.4 Å². The summed E-state index contributed by atoms with van der Waals surface area (Å²) >= 11 is 0. The molecule has 1 unspecified atom stereocenters. The van der Waals surface area contributed by atoms with Crippen molar-refractivity contribution in [3.63, 3.8) is 0 Å². The van der Waals surface area contributed by atoms with Crippen LogP contribution in [0.5, 0.6) is 0 Å². The highest BCUT2D eigenvalue weighted by atomic mass is 16.6. The normalized spacial score (nSPS) is 21.8. The molecule has 0 aliphatic carbocycles. The zero-order valence-electron chi connectivity index (χ0n) is 15.2. The van der Waals surface area contributed by atoms with E-state index in [1.165, 1.54) is 15.8 Å². The molecule has 2 heterocycles. The summed E-state index contributed by atoms with van der Waals surface area (Å²) in [5, 5.41) is 25.8. The second-order valence-electron chi connectivity index (χ2n) is 7.55. The van der Waals surface area contributed by atoms with Crippen LogP contribution in [0.2, 0.25) is 0 Å². The lowest BCUT2D eigenvalue weighted by molar-refractivity contribution is -0.384. The predicted molar refractivity (Wildman–Crippen MR) is 90.5 cm³/mol. The van der Waals surface area contributed by atoms with Crippen LogP contribution in [0, 0.1) is 10.1 Å². The van der Waals surface area contributed by atoms with Gasteiger partial charge in [-0.2, -0.15) is 5.10 Å². The van der Waals surface area contributed by atoms with Gasteiger partial charge in [-0.05, 0) is 27.7 Å². The first-order valence-electron chi connectivity index (χ1n) is 8.01. The molecule has 1 N–H and O–H groups in total. The third-order valence-corrected chi connectivity index (χ3v) is 3.74. The number of ether oxygens (including phenoxy) is 1. The number of nitro groups is 1. The smallest absolute Gasteiger partial charge is 0.410 e. The minimum atomic E-state index is -1.26. The molecule has 0 saturated carbocycles. The van der Waals surface area contributed by atoms with Gasteiger partial charge < -0.3 is 19.6 Å². The van der Waals surface area contributed by atoms with E-state index in [4.69, 9.17) is 4.74 Å². The van der Waals surface area contributed by atoms with Gasteiger partial charge >= 0.3 is 11.8 Å². The van der Waals surface area contributed by atoms with E-state index >= 15 is 0 Å². The molecule has 0 bridgehead atoms. The van der Waals surface area contributed by atoms with Crippen molar-refractivity contribution in [1.29, 1.82) is 0 Å². The molecule has 1 saturated heterocycles. The molecule has 10 heteroatoms. The van der Waals surface area contributed by atoms with Gasteiger partial charge in [0.05, 0.1) is 17.1 Å². The van der Waals surface area contributed by atoms with E-state index in [2.05, 4.69) is 5.10 Å². The summed E-state index contributed by atoms with van der Waals surface area (Å²) in [7, 11) is 1.60. The molecule has 0 spiro atoms. The van der Waals surface area contributed by atoms with Gasteiger partial charge in [0.1, 0.15) is 11.8 Å². The molecule has 1 atom stereocenters. The van der Waals surface area contributed by atoms with Crippen LogP contribution in [0.4, 0.5) is 16.3 Å². The van der Waals surface area contributed by atoms with E-state index < -0.39 is 22.2 Å². The van der Waals surface area contributed by atoms with Crippen LogP contribution in [0.3, 0.4) is 0 Å². The summed E-state index contributed by atoms with van der Waals surface area (Å²) in [4.78, 5) is 26.2. The van der Waals surface area contributed by atoms with Crippen LogP contribution < -0.4 is 4.90 Å². The summed E-state index contributed by atoms with van der Waals surface area (Å²) < 4.78 is 6.77. The van der Waals surface area contributed by atoms with Crippen molar-refractivity contribution >= 4 is 17.6 Å². The Morgan fingerprint density at radius 2 is 2.04 bits per heavy atom. The van der Waals surface area contributed by atoms with Crippen LogP contribution in [0.25, 0.3) is 0 Å². The highest BCUT2D eigenvalue weighted by Crippen LogP contribution is 2.29. The number of aliphatic hydroxyl groups is 1. The van der Waals surface area contributed by atoms with Crippen LogP contribution >= 0.6 is 0 Å². The van der Waals surface area contributed by atoms with E-state index in [9.17, 15) is 20.0 Å². The number of β-amino-alcohol motifs (C(OH)–C–C–N with tert-alkyl or cyclic N) is 1. The van der Waals surface area contributed by atoms with Crippen molar-refractivity contribution in [1.82, 2.24) is 14.7 Å². The highest BCUT2D eigenvalue weighted by Gasteiger charge is 2.37. The van der Waals surface area contributed by atoms with Gasteiger partial charge in [-0.25, -0.2) is 9.48 Å². The molecule has 1 aliphatic rings. The van der Waals surface area contributed by atoms with Crippen molar-refractivity contribution in [2.45, 2.75) is 38.9 Å². The quantitative estimate of drug-likeness (QED) is 0.625. The van der Waals surface area contributed by atoms with Gasteiger partial charge in [-0.1, -0.05) is 0 Å². The SMILES string of the molecule is Cn1ncc([N+](=O)[O-])c1N1CCN(C(=O)OC(C)(C)C)CC(C)(O)C1. The highest BCUT2D eigenvalue weighted by molar-refractivity contribution is 5.68. The largest absolute Gasteiger partial charge is 0.444 e. The Hall–Kier alpha value is -2.36. The van der Waals surface area contributed by atoms with E-state index in [1.54, 1.807) is 39.6 Å². The fourth-order valence-corrected chi connectivity index (χ4v) is 2.85. The second kappa shape index (κ2) is 6.51. The summed E-state index contributed by atoms with van der Waals surface area (Å²) in [5.74, 6) is 0.302. The maximum Gasteiger partial charge on any atom is 0.410 e. The number of aryl methyl sites for hydroxylation is 1. The lowest BCUT2D eigenvalue weighted by Gasteiger charge is -2.31. The zero-order valence-corrected chi connectivity index (χ0v) is 15.2. The maximum atomic E-state index is 12.3. The number of nitrogens with zero attached hydrogens (tertiary/aromatic N) is 5. The van der Waals surface area contributed by atoms with E-state index in [0.717, 1.165) is 0 Å². The van der Waals surface area contributed by atoms with Gasteiger partial charge in [0, 0.05) is 26.7 Å². The van der Waals surface area contributed by atoms with Gasteiger partial charge in [-0.3, -0.25) is 10.1 Å². The summed E-state index contributed by atoms with van der Waals surface area (Å²) in [6.07, 6.45) is 0.662. The maximum absolute atomic E-state index is 12.3. The molecular weight excluding hydrogens is 330 g/mol. The number of amides is 1. The fourth-order valence-electron chi connectivity index (χ4n) is 2.85. The Bertz CT molecular complexity index is 664. The van der Waals surface area contributed by atoms with Gasteiger partial charge in [0.25, 0.3) is 0 Å². The number of hydrogen-bond donors (Lipinski definition) is 1. The van der Waals surface area contributed by atoms with Crippen LogP contribution in [-0.4, -0.2) is 68.2 Å². The monoisotopic (exact) mass is 355 g/mol. The third kappa shape index (κ3) is 4.59. The summed E-state index contributed by atoms with van der Waals surface area (Å²) in [5.41, 5.74) is -2.04. The average Bonchev–Trinajstić information content (AvgIpc) is 2.73. The fraction of sp³-hybridized carbons (Fsp3) is 0.733. The standard InChI is InChI=1S/C15H25N5O5/c1-14(2,3)25-13(21)19-7-6-18(9-15(4,22)10-19)12-11(20(23)24)8-16-17(12)5/h8,22H,6-7,9-10H2,1-5H3. The van der Waals surface area contributed by atoms with Crippen molar-refractivity contribution in [3.8, 4) is 0 Å². The van der Waals surface area contributed by atoms with E-state index in [-0.39, 0.29) is 25.3 Å². The van der Waals surface area contributed by atoms with Crippen molar-refractivity contribution < 1.29 is 19.6 Å². The molecule has 140 valence electrons. The number of aromatic nitrogens is 2. The molecule has 1 aliphatic heterocycles. The van der Waals surface area contributed by atoms with Crippen LogP contribution in [0.1, 0.15) is 27.7 Å². The molecule has 1 amide bonds. The number of carbonyl (C=O) groups is 1. The van der Waals surface area contributed by atoms with Crippen LogP contribution in [0.15, 0.2) is 6.20 Å². The van der Waals surface area contributed by atoms with Crippen LogP contribution in [-0.2, 0) is 11.8 Å². The number of carbonyl (C=O) groups excluding carboxylic acids is 1. The third-order valence-electron chi connectivity index (χ3n) is 3.74. The Balaban J connectivity index is 2.25. The minimum Gasteiger partial charge on any atom is -0.444 e. The Labute approximate surface area is 146 Å². The lowest BCUT2D eigenvalue weighted by Crippen LogP contribution is -2.47. The number of hydrogen-bond acceptors (Lipinski definition) is 7. The average molecular weight is 355 g/mol. The first-order valence-corrected chi connectivity index (χ1v) is 8.01. The Morgan fingerprint density at radius 1 is 1.40 bits per heavy atom. The lowest BCUT2D eigenvalue weighted by atomic mass is 10.1. The zero-order chi connectivity index (χ0) is 19.0. The van der Waals surface area contributed by atoms with Crippen molar-refractivity contribution in [3.05, 3.63) is 16.3 Å². The molecular formula is C15H25N5O5. The molecule has 0 aromatic carbocycles. The first-order chi connectivity index (χ1) is 11.4. The summed E-state index contributed by atoms with van der Waals surface area (Å²) in [6.45, 7) is 7.69. The molecule has 1 fully saturated rings. The molecule has 25 heavy (non-hydrogen) atoms.